The van der Waals surface area contributed by atoms with Crippen LogP contribution in [0, 0.1) is 11.7 Å². The Morgan fingerprint density at radius 2 is 1.70 bits per heavy atom. The fourth-order valence-corrected chi connectivity index (χ4v) is 3.57. The van der Waals surface area contributed by atoms with E-state index in [0.29, 0.717) is 10.5 Å². The van der Waals surface area contributed by atoms with Crippen LogP contribution >= 0.6 is 11.8 Å². The predicted molar refractivity (Wildman–Crippen MR) is 98.2 cm³/mol. The summed E-state index contributed by atoms with van der Waals surface area (Å²) in [5.41, 5.74) is 0.626. The summed E-state index contributed by atoms with van der Waals surface area (Å²) in [4.78, 5) is 36.8. The normalized spacial score (nSPS) is 10.7. The fraction of sp³-hybridized carbons (Fsp3) is 0.316. The molecule has 0 saturated heterocycles. The van der Waals surface area contributed by atoms with Gasteiger partial charge >= 0.3 is 11.9 Å². The van der Waals surface area contributed by atoms with Gasteiger partial charge < -0.3 is 9.47 Å². The highest BCUT2D eigenvalue weighted by atomic mass is 32.2. The number of carbonyl (C=O) groups excluding carboxylic acids is 3. The van der Waals surface area contributed by atoms with Crippen LogP contribution in [0.25, 0.3) is 0 Å². The Morgan fingerprint density at radius 1 is 1.11 bits per heavy atom. The van der Waals surface area contributed by atoms with Gasteiger partial charge in [0.15, 0.2) is 5.92 Å². The van der Waals surface area contributed by atoms with E-state index in [4.69, 9.17) is 0 Å². The zero-order valence-electron chi connectivity index (χ0n) is 15.2. The minimum Gasteiger partial charge on any atom is -0.468 e. The second-order valence-corrected chi connectivity index (χ2v) is 6.46. The highest BCUT2D eigenvalue weighted by molar-refractivity contribution is 7.98. The minimum absolute atomic E-state index is 0.00495. The smallest absolute Gasteiger partial charge is 0.320 e. The molecule has 144 valence electrons. The molecule has 27 heavy (non-hydrogen) atoms. The van der Waals surface area contributed by atoms with Gasteiger partial charge in [0.05, 0.1) is 19.8 Å². The maximum absolute atomic E-state index is 14.5. The molecule has 0 aliphatic rings. The van der Waals surface area contributed by atoms with Crippen LogP contribution in [0.2, 0.25) is 0 Å². The number of hydrogen-bond acceptors (Lipinski definition) is 6. The van der Waals surface area contributed by atoms with E-state index in [-0.39, 0.29) is 24.3 Å². The van der Waals surface area contributed by atoms with Crippen LogP contribution in [0.15, 0.2) is 41.6 Å². The van der Waals surface area contributed by atoms with Gasteiger partial charge in [0.25, 0.3) is 5.91 Å². The minimum atomic E-state index is -1.15. The number of carbonyl (C=O) groups is 3. The quantitative estimate of drug-likeness (QED) is 0.409. The number of aromatic nitrogens is 1. The van der Waals surface area contributed by atoms with Crippen LogP contribution in [0.4, 0.5) is 4.39 Å². The summed E-state index contributed by atoms with van der Waals surface area (Å²) in [7, 11) is 2.34. The SMILES string of the molecule is COC(=O)C(CCc1c(F)ccc(C(=O)n2cccc2)c1SC)C(=O)OC. The number of nitrogens with zero attached hydrogens (tertiary/aromatic N) is 1. The number of methoxy groups -OCH3 is 2. The molecule has 6 nitrogen and oxygen atoms in total. The fourth-order valence-electron chi connectivity index (χ4n) is 2.75. The summed E-state index contributed by atoms with van der Waals surface area (Å²) in [5.74, 6) is -3.43. The molecule has 1 heterocycles. The largest absolute Gasteiger partial charge is 0.468 e. The Morgan fingerprint density at radius 3 is 2.22 bits per heavy atom. The van der Waals surface area contributed by atoms with Crippen LogP contribution in [-0.4, -0.2) is 42.9 Å². The van der Waals surface area contributed by atoms with Crippen LogP contribution in [0.5, 0.6) is 0 Å². The summed E-state index contributed by atoms with van der Waals surface area (Å²) in [6.07, 6.45) is 5.04. The van der Waals surface area contributed by atoms with E-state index in [0.717, 1.165) is 0 Å². The van der Waals surface area contributed by atoms with Crippen molar-refractivity contribution in [1.29, 1.82) is 0 Å². The molecule has 8 heteroatoms. The van der Waals surface area contributed by atoms with Gasteiger partial charge in [0, 0.05) is 22.9 Å². The number of esters is 2. The molecule has 1 aromatic heterocycles. The number of thioether (sulfide) groups is 1. The molecule has 0 amide bonds. The van der Waals surface area contributed by atoms with E-state index in [1.165, 1.54) is 42.7 Å². The van der Waals surface area contributed by atoms with Gasteiger partial charge in [-0.05, 0) is 43.4 Å². The van der Waals surface area contributed by atoms with Crippen LogP contribution in [-0.2, 0) is 25.5 Å². The summed E-state index contributed by atoms with van der Waals surface area (Å²) < 4.78 is 25.1. The third kappa shape index (κ3) is 4.57. The Kier molecular flexibility index (Phi) is 7.18. The number of ether oxygens (including phenoxy) is 2. The number of halogens is 1. The third-order valence-electron chi connectivity index (χ3n) is 4.13. The van der Waals surface area contributed by atoms with Crippen molar-refractivity contribution < 1.29 is 28.2 Å². The van der Waals surface area contributed by atoms with Gasteiger partial charge in [-0.3, -0.25) is 19.0 Å². The van der Waals surface area contributed by atoms with Crippen LogP contribution in [0.1, 0.15) is 22.3 Å². The van der Waals surface area contributed by atoms with Gasteiger partial charge in [0.2, 0.25) is 0 Å². The van der Waals surface area contributed by atoms with Gasteiger partial charge in [-0.1, -0.05) is 0 Å². The van der Waals surface area contributed by atoms with Gasteiger partial charge in [0.1, 0.15) is 5.82 Å². The van der Waals surface area contributed by atoms with Gasteiger partial charge in [-0.2, -0.15) is 0 Å². The summed E-state index contributed by atoms with van der Waals surface area (Å²) in [5, 5.41) is 0. The zero-order valence-corrected chi connectivity index (χ0v) is 16.0. The molecule has 0 fully saturated rings. The average molecular weight is 393 g/mol. The summed E-state index contributed by atoms with van der Waals surface area (Å²) >= 11 is 1.24. The van der Waals surface area contributed by atoms with Crippen molar-refractivity contribution in [2.45, 2.75) is 17.7 Å². The molecular weight excluding hydrogens is 373 g/mol. The first kappa shape index (κ1) is 20.7. The molecule has 0 radical (unpaired) electrons. The first-order valence-electron chi connectivity index (χ1n) is 8.13. The molecule has 0 bridgehead atoms. The molecule has 0 aliphatic heterocycles. The molecule has 0 spiro atoms. The van der Waals surface area contributed by atoms with E-state index in [9.17, 15) is 18.8 Å². The van der Waals surface area contributed by atoms with E-state index in [2.05, 4.69) is 9.47 Å². The standard InChI is InChI=1S/C19H20FNO5S/c1-25-18(23)14(19(24)26-2)7-6-12-15(20)9-8-13(16(12)27-3)17(22)21-10-4-5-11-21/h4-5,8-11,14H,6-7H2,1-3H3. The first-order chi connectivity index (χ1) is 12.9. The van der Waals surface area contributed by atoms with E-state index in [1.807, 2.05) is 0 Å². The Labute approximate surface area is 160 Å². The van der Waals surface area contributed by atoms with Crippen molar-refractivity contribution in [1.82, 2.24) is 4.57 Å². The van der Waals surface area contributed by atoms with Gasteiger partial charge in [-0.15, -0.1) is 11.8 Å². The van der Waals surface area contributed by atoms with E-state index >= 15 is 0 Å². The lowest BCUT2D eigenvalue weighted by atomic mass is 9.97. The molecule has 0 unspecified atom stereocenters. The monoisotopic (exact) mass is 393 g/mol. The first-order valence-corrected chi connectivity index (χ1v) is 9.35. The van der Waals surface area contributed by atoms with Crippen LogP contribution < -0.4 is 0 Å². The predicted octanol–water partition coefficient (Wildman–Crippen LogP) is 2.93. The molecule has 0 atom stereocenters. The maximum atomic E-state index is 14.5. The third-order valence-corrected chi connectivity index (χ3v) is 5.01. The molecule has 1 aromatic carbocycles. The maximum Gasteiger partial charge on any atom is 0.320 e. The lowest BCUT2D eigenvalue weighted by Gasteiger charge is -2.16. The topological polar surface area (TPSA) is 74.6 Å². The molecular formula is C19H20FNO5S. The Balaban J connectivity index is 2.35. The number of hydrogen-bond donors (Lipinski definition) is 0. The van der Waals surface area contributed by atoms with Crippen LogP contribution in [0.3, 0.4) is 0 Å². The van der Waals surface area contributed by atoms with Gasteiger partial charge in [-0.25, -0.2) is 4.39 Å². The molecule has 0 aliphatic carbocycles. The van der Waals surface area contributed by atoms with Crippen molar-refractivity contribution in [3.05, 3.63) is 53.6 Å². The van der Waals surface area contributed by atoms with Crippen molar-refractivity contribution in [3.8, 4) is 0 Å². The molecule has 0 N–H and O–H groups in total. The van der Waals surface area contributed by atoms with Crippen molar-refractivity contribution in [2.75, 3.05) is 20.5 Å². The molecule has 2 aromatic rings. The lowest BCUT2D eigenvalue weighted by molar-refractivity contribution is -0.159. The zero-order chi connectivity index (χ0) is 20.0. The van der Waals surface area contributed by atoms with Crippen molar-refractivity contribution >= 4 is 29.6 Å². The van der Waals surface area contributed by atoms with E-state index in [1.54, 1.807) is 30.8 Å². The van der Waals surface area contributed by atoms with Crippen molar-refractivity contribution in [3.63, 3.8) is 0 Å². The highest BCUT2D eigenvalue weighted by Crippen LogP contribution is 2.30. The van der Waals surface area contributed by atoms with Crippen molar-refractivity contribution in [2.24, 2.45) is 5.92 Å². The second-order valence-electron chi connectivity index (χ2n) is 5.64. The summed E-state index contributed by atoms with van der Waals surface area (Å²) in [6.45, 7) is 0. The lowest BCUT2D eigenvalue weighted by Crippen LogP contribution is -2.27. The Bertz CT molecular complexity index is 819. The number of rotatable bonds is 7. The Hall–Kier alpha value is -2.61. The second kappa shape index (κ2) is 9.36. The number of benzene rings is 1. The highest BCUT2D eigenvalue weighted by Gasteiger charge is 2.29. The molecule has 2 rings (SSSR count). The van der Waals surface area contributed by atoms with E-state index < -0.39 is 23.7 Å². The average Bonchev–Trinajstić information content (AvgIpc) is 3.22. The summed E-state index contributed by atoms with van der Waals surface area (Å²) in [6, 6.07) is 6.10. The molecule has 0 saturated carbocycles.